The summed E-state index contributed by atoms with van der Waals surface area (Å²) in [5.74, 6) is -0.0104. The van der Waals surface area contributed by atoms with E-state index in [0.29, 0.717) is 6.42 Å². The molecule has 2 rings (SSSR count). The number of carbonyl (C=O) groups is 2. The Morgan fingerprint density at radius 2 is 2.31 bits per heavy atom. The largest absolute Gasteiger partial charge is 0.458 e. The monoisotopic (exact) mass is 180 g/mol. The molecule has 0 saturated carbocycles. The molecule has 13 heavy (non-hydrogen) atoms. The number of hydrogen-bond acceptors (Lipinski definition) is 3. The molecule has 1 saturated heterocycles. The molecule has 0 radical (unpaired) electrons. The van der Waals surface area contributed by atoms with Crippen molar-refractivity contribution in [2.75, 3.05) is 0 Å². The summed E-state index contributed by atoms with van der Waals surface area (Å²) in [5.41, 5.74) is 0. The van der Waals surface area contributed by atoms with Gasteiger partial charge in [-0.1, -0.05) is 6.92 Å². The smallest absolute Gasteiger partial charge is 0.309 e. The molecule has 2 aliphatic rings. The van der Waals surface area contributed by atoms with Gasteiger partial charge in [-0.25, -0.2) is 0 Å². The molecular weight excluding hydrogens is 168 g/mol. The molecule has 3 heteroatoms. The van der Waals surface area contributed by atoms with Crippen molar-refractivity contribution in [3.05, 3.63) is 12.2 Å². The molecule has 0 spiro atoms. The summed E-state index contributed by atoms with van der Waals surface area (Å²) in [4.78, 5) is 22.4. The van der Waals surface area contributed by atoms with E-state index in [2.05, 4.69) is 0 Å². The Morgan fingerprint density at radius 3 is 3.00 bits per heavy atom. The second kappa shape index (κ2) is 2.98. The average Bonchev–Trinajstić information content (AvgIpc) is 2.40. The van der Waals surface area contributed by atoms with Crippen LogP contribution in [-0.2, 0) is 14.3 Å². The van der Waals surface area contributed by atoms with Gasteiger partial charge < -0.3 is 4.74 Å². The van der Waals surface area contributed by atoms with Crippen molar-refractivity contribution in [1.82, 2.24) is 0 Å². The van der Waals surface area contributed by atoms with Gasteiger partial charge in [-0.05, 0) is 18.6 Å². The molecule has 0 aromatic heterocycles. The Bertz CT molecular complexity index is 280. The number of fused-ring (bicyclic) bond motifs is 1. The number of esters is 1. The highest BCUT2D eigenvalue weighted by Crippen LogP contribution is 2.36. The van der Waals surface area contributed by atoms with Crippen LogP contribution in [0.3, 0.4) is 0 Å². The second-order valence-corrected chi connectivity index (χ2v) is 3.61. The number of ether oxygens (including phenoxy) is 1. The third kappa shape index (κ3) is 1.28. The zero-order valence-corrected chi connectivity index (χ0v) is 7.53. The number of ketones is 1. The minimum atomic E-state index is -0.143. The van der Waals surface area contributed by atoms with Crippen LogP contribution >= 0.6 is 0 Å². The molecule has 1 aliphatic heterocycles. The van der Waals surface area contributed by atoms with Crippen LogP contribution in [0.1, 0.15) is 19.8 Å². The first kappa shape index (κ1) is 8.48. The van der Waals surface area contributed by atoms with Gasteiger partial charge >= 0.3 is 5.97 Å². The van der Waals surface area contributed by atoms with Gasteiger partial charge in [-0.3, -0.25) is 9.59 Å². The predicted molar refractivity (Wildman–Crippen MR) is 45.9 cm³/mol. The highest BCUT2D eigenvalue weighted by atomic mass is 16.6. The molecule has 1 aliphatic carbocycles. The van der Waals surface area contributed by atoms with Crippen molar-refractivity contribution >= 4 is 11.8 Å². The Labute approximate surface area is 76.8 Å². The van der Waals surface area contributed by atoms with E-state index in [9.17, 15) is 9.59 Å². The standard InChI is InChI=1S/C10H12O3/c1-2-7-8-5-6(11)3-4-9(8)13-10(7)12/h3-4,7-9H,2,5H2,1H3/t7?,8-,9-/m1/s1. The Balaban J connectivity index is 2.23. The summed E-state index contributed by atoms with van der Waals surface area (Å²) < 4.78 is 5.14. The van der Waals surface area contributed by atoms with Gasteiger partial charge in [0.2, 0.25) is 0 Å². The first-order chi connectivity index (χ1) is 6.22. The van der Waals surface area contributed by atoms with Crippen LogP contribution in [0.15, 0.2) is 12.2 Å². The zero-order chi connectivity index (χ0) is 9.42. The van der Waals surface area contributed by atoms with Crippen LogP contribution in [-0.4, -0.2) is 17.9 Å². The molecule has 0 amide bonds. The second-order valence-electron chi connectivity index (χ2n) is 3.61. The van der Waals surface area contributed by atoms with Crippen molar-refractivity contribution in [3.63, 3.8) is 0 Å². The summed E-state index contributed by atoms with van der Waals surface area (Å²) in [6.07, 6.45) is 4.32. The fraction of sp³-hybridized carbons (Fsp3) is 0.600. The van der Waals surface area contributed by atoms with Crippen LogP contribution < -0.4 is 0 Å². The normalized spacial score (nSPS) is 37.5. The lowest BCUT2D eigenvalue weighted by Crippen LogP contribution is -2.25. The van der Waals surface area contributed by atoms with Crippen LogP contribution in [0.4, 0.5) is 0 Å². The number of carbonyl (C=O) groups excluding carboxylic acids is 2. The molecular formula is C10H12O3. The number of hydrogen-bond donors (Lipinski definition) is 0. The van der Waals surface area contributed by atoms with Gasteiger partial charge in [0.05, 0.1) is 5.92 Å². The molecule has 3 atom stereocenters. The molecule has 1 unspecified atom stereocenters. The number of rotatable bonds is 1. The Morgan fingerprint density at radius 1 is 1.54 bits per heavy atom. The van der Waals surface area contributed by atoms with E-state index in [-0.39, 0.29) is 29.7 Å². The lowest BCUT2D eigenvalue weighted by molar-refractivity contribution is -0.143. The van der Waals surface area contributed by atoms with Crippen molar-refractivity contribution < 1.29 is 14.3 Å². The Kier molecular flexibility index (Phi) is 1.94. The SMILES string of the molecule is CCC1C(=O)O[C@@H]2C=CC(=O)C[C@H]12. The van der Waals surface area contributed by atoms with Crippen molar-refractivity contribution in [2.24, 2.45) is 11.8 Å². The lowest BCUT2D eigenvalue weighted by Gasteiger charge is -2.19. The molecule has 1 fully saturated rings. The summed E-state index contributed by atoms with van der Waals surface area (Å²) >= 11 is 0. The molecule has 0 bridgehead atoms. The maximum atomic E-state index is 11.3. The molecule has 70 valence electrons. The quantitative estimate of drug-likeness (QED) is 0.567. The van der Waals surface area contributed by atoms with Gasteiger partial charge in [0.1, 0.15) is 6.10 Å². The van der Waals surface area contributed by atoms with Gasteiger partial charge in [0.15, 0.2) is 5.78 Å². The van der Waals surface area contributed by atoms with Crippen LogP contribution in [0.2, 0.25) is 0 Å². The third-order valence-corrected chi connectivity index (χ3v) is 2.84. The fourth-order valence-electron chi connectivity index (χ4n) is 2.13. The highest BCUT2D eigenvalue weighted by molar-refractivity contribution is 5.92. The van der Waals surface area contributed by atoms with Crippen LogP contribution in [0, 0.1) is 11.8 Å². The van der Waals surface area contributed by atoms with E-state index in [1.54, 1.807) is 6.08 Å². The summed E-state index contributed by atoms with van der Waals surface area (Å²) in [6, 6.07) is 0. The van der Waals surface area contributed by atoms with E-state index in [4.69, 9.17) is 4.74 Å². The third-order valence-electron chi connectivity index (χ3n) is 2.84. The average molecular weight is 180 g/mol. The van der Waals surface area contributed by atoms with Crippen LogP contribution in [0.5, 0.6) is 0 Å². The first-order valence-corrected chi connectivity index (χ1v) is 4.64. The minimum Gasteiger partial charge on any atom is -0.458 e. The van der Waals surface area contributed by atoms with E-state index < -0.39 is 0 Å². The Hall–Kier alpha value is -1.12. The number of allylic oxidation sites excluding steroid dienone is 1. The van der Waals surface area contributed by atoms with E-state index in [0.717, 1.165) is 6.42 Å². The zero-order valence-electron chi connectivity index (χ0n) is 7.53. The van der Waals surface area contributed by atoms with E-state index in [1.807, 2.05) is 6.92 Å². The predicted octanol–water partition coefficient (Wildman–Crippen LogP) is 1.08. The minimum absolute atomic E-state index is 0.0705. The van der Waals surface area contributed by atoms with Gasteiger partial charge in [-0.2, -0.15) is 0 Å². The van der Waals surface area contributed by atoms with Crippen LogP contribution in [0.25, 0.3) is 0 Å². The topological polar surface area (TPSA) is 43.4 Å². The van der Waals surface area contributed by atoms with Crippen molar-refractivity contribution in [1.29, 1.82) is 0 Å². The fourth-order valence-corrected chi connectivity index (χ4v) is 2.13. The maximum Gasteiger partial charge on any atom is 0.309 e. The first-order valence-electron chi connectivity index (χ1n) is 4.64. The summed E-state index contributed by atoms with van der Waals surface area (Å²) in [5, 5.41) is 0. The summed E-state index contributed by atoms with van der Waals surface area (Å²) in [7, 11) is 0. The summed E-state index contributed by atoms with van der Waals surface area (Å²) in [6.45, 7) is 1.96. The van der Waals surface area contributed by atoms with E-state index in [1.165, 1.54) is 6.08 Å². The molecule has 1 heterocycles. The van der Waals surface area contributed by atoms with Gasteiger partial charge in [0, 0.05) is 12.3 Å². The van der Waals surface area contributed by atoms with Gasteiger partial charge in [-0.15, -0.1) is 0 Å². The van der Waals surface area contributed by atoms with Crippen molar-refractivity contribution in [3.8, 4) is 0 Å². The molecule has 0 aromatic carbocycles. The molecule has 0 aromatic rings. The molecule has 3 nitrogen and oxygen atoms in total. The highest BCUT2D eigenvalue weighted by Gasteiger charge is 2.44. The van der Waals surface area contributed by atoms with E-state index >= 15 is 0 Å². The lowest BCUT2D eigenvalue weighted by atomic mass is 9.82. The maximum absolute atomic E-state index is 11.3. The van der Waals surface area contributed by atoms with Gasteiger partial charge in [0.25, 0.3) is 0 Å². The van der Waals surface area contributed by atoms with Crippen molar-refractivity contribution in [2.45, 2.75) is 25.9 Å². The molecule has 0 N–H and O–H groups in total.